The first-order valence-electron chi connectivity index (χ1n) is 6.34. The second-order valence-electron chi connectivity index (χ2n) is 4.61. The highest BCUT2D eigenvalue weighted by Crippen LogP contribution is 2.15. The zero-order valence-electron chi connectivity index (χ0n) is 10.6. The molecule has 104 valence electrons. The molecule has 19 heavy (non-hydrogen) atoms. The number of hydrogen-bond acceptors (Lipinski definition) is 3. The second-order valence-corrected chi connectivity index (χ2v) is 5.91. The fourth-order valence-corrected chi connectivity index (χ4v) is 2.99. The fraction of sp³-hybridized carbons (Fsp3) is 0.538. The Labute approximate surface area is 121 Å². The number of amides is 2. The van der Waals surface area contributed by atoms with Gasteiger partial charge in [0.2, 0.25) is 11.8 Å². The van der Waals surface area contributed by atoms with Gasteiger partial charge in [-0.3, -0.25) is 9.59 Å². The van der Waals surface area contributed by atoms with Crippen molar-refractivity contribution in [3.05, 3.63) is 22.4 Å². The molecule has 0 atom stereocenters. The monoisotopic (exact) mass is 300 g/mol. The summed E-state index contributed by atoms with van der Waals surface area (Å²) in [5.74, 6) is 0.0342. The zero-order valence-corrected chi connectivity index (χ0v) is 12.2. The quantitative estimate of drug-likeness (QED) is 0.859. The van der Waals surface area contributed by atoms with Crippen LogP contribution in [-0.4, -0.2) is 41.7 Å². The minimum Gasteiger partial charge on any atom is -0.352 e. The van der Waals surface area contributed by atoms with Crippen LogP contribution in [0.2, 0.25) is 0 Å². The molecule has 2 amide bonds. The Morgan fingerprint density at radius 2 is 2.16 bits per heavy atom. The van der Waals surface area contributed by atoms with Crippen LogP contribution in [0, 0.1) is 0 Å². The zero-order chi connectivity index (χ0) is 13.7. The molecule has 1 aliphatic heterocycles. The number of piperidine rings is 1. The van der Waals surface area contributed by atoms with Gasteiger partial charge in [-0.1, -0.05) is 6.07 Å². The highest BCUT2D eigenvalue weighted by molar-refractivity contribution is 7.10. The molecule has 1 saturated heterocycles. The lowest BCUT2D eigenvalue weighted by Crippen LogP contribution is -2.47. The van der Waals surface area contributed by atoms with Crippen molar-refractivity contribution in [3.63, 3.8) is 0 Å². The topological polar surface area (TPSA) is 49.4 Å². The minimum absolute atomic E-state index is 0.00246. The highest BCUT2D eigenvalue weighted by atomic mass is 35.5. The first kappa shape index (κ1) is 14.3. The summed E-state index contributed by atoms with van der Waals surface area (Å²) in [6.45, 7) is 1.41. The third-order valence-corrected chi connectivity index (χ3v) is 4.36. The average Bonchev–Trinajstić information content (AvgIpc) is 2.92. The summed E-state index contributed by atoms with van der Waals surface area (Å²) >= 11 is 7.06. The van der Waals surface area contributed by atoms with Gasteiger partial charge in [0.05, 0.1) is 6.42 Å². The van der Waals surface area contributed by atoms with Crippen molar-refractivity contribution in [1.29, 1.82) is 0 Å². The van der Waals surface area contributed by atoms with Gasteiger partial charge < -0.3 is 10.2 Å². The molecule has 0 radical (unpaired) electrons. The first-order valence-corrected chi connectivity index (χ1v) is 7.76. The van der Waals surface area contributed by atoms with Crippen molar-refractivity contribution >= 4 is 34.8 Å². The molecule has 0 unspecified atom stereocenters. The third kappa shape index (κ3) is 4.21. The molecule has 1 N–H and O–H groups in total. The SMILES string of the molecule is O=C(CCl)NC1CCN(C(=O)Cc2cccs2)CC1. The summed E-state index contributed by atoms with van der Waals surface area (Å²) in [5.41, 5.74) is 0. The molecule has 2 rings (SSSR count). The number of alkyl halides is 1. The van der Waals surface area contributed by atoms with E-state index < -0.39 is 0 Å². The summed E-state index contributed by atoms with van der Waals surface area (Å²) < 4.78 is 0. The molecule has 6 heteroatoms. The molecule has 1 aromatic heterocycles. The van der Waals surface area contributed by atoms with Crippen molar-refractivity contribution in [2.75, 3.05) is 19.0 Å². The second kappa shape index (κ2) is 6.91. The lowest BCUT2D eigenvalue weighted by molar-refractivity contribution is -0.131. The van der Waals surface area contributed by atoms with Gasteiger partial charge in [-0.15, -0.1) is 22.9 Å². The normalized spacial score (nSPS) is 16.4. The lowest BCUT2D eigenvalue weighted by Gasteiger charge is -2.32. The van der Waals surface area contributed by atoms with E-state index in [4.69, 9.17) is 11.6 Å². The summed E-state index contributed by atoms with van der Waals surface area (Å²) in [5, 5.41) is 4.85. The number of nitrogens with one attached hydrogen (secondary N) is 1. The van der Waals surface area contributed by atoms with Gasteiger partial charge in [-0.05, 0) is 24.3 Å². The Balaban J connectivity index is 1.76. The predicted octanol–water partition coefficient (Wildman–Crippen LogP) is 1.64. The van der Waals surface area contributed by atoms with Crippen molar-refractivity contribution in [3.8, 4) is 0 Å². The van der Waals surface area contributed by atoms with E-state index in [1.54, 1.807) is 11.3 Å². The van der Waals surface area contributed by atoms with Crippen LogP contribution in [0.4, 0.5) is 0 Å². The lowest BCUT2D eigenvalue weighted by atomic mass is 10.0. The standard InChI is InChI=1S/C13H17ClN2O2S/c14-9-12(17)15-10-3-5-16(6-4-10)13(18)8-11-2-1-7-19-11/h1-2,7,10H,3-6,8-9H2,(H,15,17). The summed E-state index contributed by atoms with van der Waals surface area (Å²) in [4.78, 5) is 26.2. The average molecular weight is 301 g/mol. The smallest absolute Gasteiger partial charge is 0.235 e. The Morgan fingerprint density at radius 1 is 1.42 bits per heavy atom. The van der Waals surface area contributed by atoms with Crippen molar-refractivity contribution in [2.45, 2.75) is 25.3 Å². The molecule has 1 aromatic rings. The molecule has 0 saturated carbocycles. The molecule has 0 aliphatic carbocycles. The molecular weight excluding hydrogens is 284 g/mol. The first-order chi connectivity index (χ1) is 9.19. The van der Waals surface area contributed by atoms with Gasteiger partial charge in [0.1, 0.15) is 5.88 Å². The highest BCUT2D eigenvalue weighted by Gasteiger charge is 2.23. The van der Waals surface area contributed by atoms with Crippen molar-refractivity contribution in [2.24, 2.45) is 0 Å². The number of carbonyl (C=O) groups excluding carboxylic acids is 2. The minimum atomic E-state index is -0.134. The largest absolute Gasteiger partial charge is 0.352 e. The van der Waals surface area contributed by atoms with Crippen molar-refractivity contribution < 1.29 is 9.59 Å². The molecule has 0 spiro atoms. The van der Waals surface area contributed by atoms with E-state index >= 15 is 0 Å². The van der Waals surface area contributed by atoms with Gasteiger partial charge in [0.15, 0.2) is 0 Å². The molecule has 2 heterocycles. The number of likely N-dealkylation sites (tertiary alicyclic amines) is 1. The van der Waals surface area contributed by atoms with Crippen LogP contribution in [0.5, 0.6) is 0 Å². The molecule has 1 fully saturated rings. The van der Waals surface area contributed by atoms with E-state index in [-0.39, 0.29) is 23.7 Å². The van der Waals surface area contributed by atoms with Crippen LogP contribution in [0.1, 0.15) is 17.7 Å². The van der Waals surface area contributed by atoms with Gasteiger partial charge in [-0.25, -0.2) is 0 Å². The maximum absolute atomic E-state index is 12.1. The Bertz CT molecular complexity index is 428. The Hall–Kier alpha value is -1.07. The number of rotatable bonds is 4. The summed E-state index contributed by atoms with van der Waals surface area (Å²) in [6.07, 6.45) is 2.09. The van der Waals surface area contributed by atoms with Gasteiger partial charge in [0.25, 0.3) is 0 Å². The molecule has 4 nitrogen and oxygen atoms in total. The Morgan fingerprint density at radius 3 is 2.74 bits per heavy atom. The maximum atomic E-state index is 12.1. The van der Waals surface area contributed by atoms with Crippen LogP contribution in [0.25, 0.3) is 0 Å². The van der Waals surface area contributed by atoms with Crippen LogP contribution in [-0.2, 0) is 16.0 Å². The van der Waals surface area contributed by atoms with Crippen LogP contribution >= 0.6 is 22.9 Å². The van der Waals surface area contributed by atoms with Gasteiger partial charge >= 0.3 is 0 Å². The summed E-state index contributed by atoms with van der Waals surface area (Å²) in [7, 11) is 0. The number of thiophene rings is 1. The van der Waals surface area contributed by atoms with Crippen molar-refractivity contribution in [1.82, 2.24) is 10.2 Å². The van der Waals surface area contributed by atoms with E-state index in [2.05, 4.69) is 5.32 Å². The molecule has 1 aliphatic rings. The van der Waals surface area contributed by atoms with E-state index in [0.29, 0.717) is 19.5 Å². The van der Waals surface area contributed by atoms with Crippen LogP contribution < -0.4 is 5.32 Å². The van der Waals surface area contributed by atoms with E-state index in [1.807, 2.05) is 22.4 Å². The Kier molecular flexibility index (Phi) is 5.22. The molecule has 0 bridgehead atoms. The van der Waals surface area contributed by atoms with E-state index in [1.165, 1.54) is 0 Å². The number of carbonyl (C=O) groups is 2. The molecule has 0 aromatic carbocycles. The van der Waals surface area contributed by atoms with E-state index in [9.17, 15) is 9.59 Å². The number of nitrogens with zero attached hydrogens (tertiary/aromatic N) is 1. The van der Waals surface area contributed by atoms with Gasteiger partial charge in [-0.2, -0.15) is 0 Å². The summed E-state index contributed by atoms with van der Waals surface area (Å²) in [6, 6.07) is 4.09. The third-order valence-electron chi connectivity index (χ3n) is 3.24. The number of halogens is 1. The number of hydrogen-bond donors (Lipinski definition) is 1. The fourth-order valence-electron chi connectivity index (χ4n) is 2.21. The predicted molar refractivity (Wildman–Crippen MR) is 76.5 cm³/mol. The van der Waals surface area contributed by atoms with Gasteiger partial charge in [0, 0.05) is 24.0 Å². The van der Waals surface area contributed by atoms with Crippen LogP contribution in [0.15, 0.2) is 17.5 Å². The van der Waals surface area contributed by atoms with Crippen LogP contribution in [0.3, 0.4) is 0 Å². The molecular formula is C13H17ClN2O2S. The maximum Gasteiger partial charge on any atom is 0.235 e. The van der Waals surface area contributed by atoms with E-state index in [0.717, 1.165) is 17.7 Å².